The van der Waals surface area contributed by atoms with Crippen molar-refractivity contribution in [3.63, 3.8) is 0 Å². The first-order valence-corrected chi connectivity index (χ1v) is 7.81. The molecule has 25 heavy (non-hydrogen) atoms. The molecule has 0 radical (unpaired) electrons. The molecule has 0 aliphatic heterocycles. The fraction of sp³-hybridized carbons (Fsp3) is 0.150. The number of anilines is 1. The van der Waals surface area contributed by atoms with Gasteiger partial charge in [-0.1, -0.05) is 24.3 Å². The molecule has 128 valence electrons. The lowest BCUT2D eigenvalue weighted by atomic mass is 9.97. The number of ether oxygens (including phenoxy) is 1. The summed E-state index contributed by atoms with van der Waals surface area (Å²) in [6, 6.07) is 14.4. The van der Waals surface area contributed by atoms with Crippen molar-refractivity contribution in [3.05, 3.63) is 71.8 Å². The minimum absolute atomic E-state index is 0.0382. The maximum Gasteiger partial charge on any atom is 0.231 e. The molecule has 0 fully saturated rings. The highest BCUT2D eigenvalue weighted by atomic mass is 19.1. The largest absolute Gasteiger partial charge is 0.497 e. The van der Waals surface area contributed by atoms with Crippen molar-refractivity contribution in [2.45, 2.75) is 12.8 Å². The van der Waals surface area contributed by atoms with Crippen LogP contribution in [0.5, 0.6) is 5.75 Å². The Labute approximate surface area is 144 Å². The highest BCUT2D eigenvalue weighted by Gasteiger charge is 2.17. The number of carbonyl (C=O) groups excluding carboxylic acids is 1. The molecule has 0 spiro atoms. The molecule has 0 heterocycles. The second kappa shape index (κ2) is 6.89. The molecule has 0 aliphatic rings. The van der Waals surface area contributed by atoms with Crippen LogP contribution in [0.3, 0.4) is 0 Å². The smallest absolute Gasteiger partial charge is 0.231 e. The van der Waals surface area contributed by atoms with E-state index in [1.54, 1.807) is 14.0 Å². The lowest BCUT2D eigenvalue weighted by Gasteiger charge is -2.14. The SMILES string of the molecule is COc1ccc2cc([C@@H](C)C(=O)Nc3ccc(F)cc3F)ccc2c1. The van der Waals surface area contributed by atoms with Gasteiger partial charge in [-0.05, 0) is 47.5 Å². The summed E-state index contributed by atoms with van der Waals surface area (Å²) in [5, 5.41) is 4.48. The molecule has 1 amide bonds. The molecule has 1 N–H and O–H groups in total. The molecule has 0 bridgehead atoms. The second-order valence-electron chi connectivity index (χ2n) is 5.81. The van der Waals surface area contributed by atoms with Gasteiger partial charge < -0.3 is 10.1 Å². The summed E-state index contributed by atoms with van der Waals surface area (Å²) in [5.41, 5.74) is 0.765. The third-order valence-corrected chi connectivity index (χ3v) is 4.15. The Morgan fingerprint density at radius 2 is 1.72 bits per heavy atom. The average molecular weight is 341 g/mol. The first-order valence-electron chi connectivity index (χ1n) is 7.81. The minimum Gasteiger partial charge on any atom is -0.497 e. The first-order chi connectivity index (χ1) is 12.0. The molecule has 5 heteroatoms. The lowest BCUT2D eigenvalue weighted by molar-refractivity contribution is -0.117. The Morgan fingerprint density at radius 3 is 2.44 bits per heavy atom. The Balaban J connectivity index is 1.82. The molecule has 0 saturated carbocycles. The van der Waals surface area contributed by atoms with Crippen molar-refractivity contribution in [2.75, 3.05) is 12.4 Å². The Hall–Kier alpha value is -2.95. The van der Waals surface area contributed by atoms with Crippen LogP contribution in [0.1, 0.15) is 18.4 Å². The molecule has 0 saturated heterocycles. The predicted octanol–water partition coefficient (Wildman–Crippen LogP) is 4.87. The quantitative estimate of drug-likeness (QED) is 0.735. The normalized spacial score (nSPS) is 12.0. The van der Waals surface area contributed by atoms with Gasteiger partial charge in [-0.3, -0.25) is 4.79 Å². The van der Waals surface area contributed by atoms with Crippen molar-refractivity contribution in [1.82, 2.24) is 0 Å². The minimum atomic E-state index is -0.800. The second-order valence-corrected chi connectivity index (χ2v) is 5.81. The molecular weight excluding hydrogens is 324 g/mol. The van der Waals surface area contributed by atoms with Crippen LogP contribution < -0.4 is 10.1 Å². The summed E-state index contributed by atoms with van der Waals surface area (Å²) in [6.07, 6.45) is 0. The standard InChI is InChI=1S/C20H17F2NO2/c1-12(20(24)23-19-8-6-16(21)11-18(19)22)13-3-4-15-10-17(25-2)7-5-14(15)9-13/h3-12H,1-2H3,(H,23,24)/t12-/m1/s1. The molecule has 3 aromatic carbocycles. The van der Waals surface area contributed by atoms with Crippen LogP contribution in [-0.2, 0) is 4.79 Å². The molecule has 3 rings (SSSR count). The van der Waals surface area contributed by atoms with Crippen molar-refractivity contribution < 1.29 is 18.3 Å². The molecule has 1 atom stereocenters. The van der Waals surface area contributed by atoms with E-state index in [0.29, 0.717) is 0 Å². The molecule has 3 nitrogen and oxygen atoms in total. The number of amides is 1. The van der Waals surface area contributed by atoms with E-state index in [1.807, 2.05) is 36.4 Å². The number of rotatable bonds is 4. The molecule has 0 unspecified atom stereocenters. The van der Waals surface area contributed by atoms with Crippen LogP contribution in [-0.4, -0.2) is 13.0 Å². The summed E-state index contributed by atoms with van der Waals surface area (Å²) in [7, 11) is 1.61. The maximum atomic E-state index is 13.7. The van der Waals surface area contributed by atoms with Gasteiger partial charge in [-0.2, -0.15) is 0 Å². The van der Waals surface area contributed by atoms with Crippen LogP contribution in [0, 0.1) is 11.6 Å². The van der Waals surface area contributed by atoms with Gasteiger partial charge in [0.15, 0.2) is 0 Å². The number of benzene rings is 3. The summed E-state index contributed by atoms with van der Waals surface area (Å²) < 4.78 is 31.8. The summed E-state index contributed by atoms with van der Waals surface area (Å²) in [4.78, 5) is 12.4. The van der Waals surface area contributed by atoms with Crippen molar-refractivity contribution >= 4 is 22.4 Å². The van der Waals surface area contributed by atoms with E-state index in [-0.39, 0.29) is 11.6 Å². The van der Waals surface area contributed by atoms with Crippen LogP contribution in [0.25, 0.3) is 10.8 Å². The zero-order valence-electron chi connectivity index (χ0n) is 13.8. The third-order valence-electron chi connectivity index (χ3n) is 4.15. The lowest BCUT2D eigenvalue weighted by Crippen LogP contribution is -2.19. The predicted molar refractivity (Wildman–Crippen MR) is 93.9 cm³/mol. The van der Waals surface area contributed by atoms with Gasteiger partial charge in [-0.15, -0.1) is 0 Å². The number of hydrogen-bond donors (Lipinski definition) is 1. The number of nitrogens with one attached hydrogen (secondary N) is 1. The molecule has 0 aliphatic carbocycles. The van der Waals surface area contributed by atoms with Crippen LogP contribution in [0.4, 0.5) is 14.5 Å². The van der Waals surface area contributed by atoms with Crippen molar-refractivity contribution in [1.29, 1.82) is 0 Å². The highest BCUT2D eigenvalue weighted by Crippen LogP contribution is 2.26. The zero-order valence-corrected chi connectivity index (χ0v) is 13.8. The maximum absolute atomic E-state index is 13.7. The first kappa shape index (κ1) is 16.9. The van der Waals surface area contributed by atoms with Gasteiger partial charge in [0.1, 0.15) is 17.4 Å². The van der Waals surface area contributed by atoms with Gasteiger partial charge in [0.2, 0.25) is 5.91 Å². The summed E-state index contributed by atoms with van der Waals surface area (Å²) >= 11 is 0. The Kier molecular flexibility index (Phi) is 4.65. The van der Waals surface area contributed by atoms with Crippen LogP contribution in [0.15, 0.2) is 54.6 Å². The third kappa shape index (κ3) is 3.60. The molecular formula is C20H17F2NO2. The van der Waals surface area contributed by atoms with E-state index in [0.717, 1.165) is 34.2 Å². The molecule has 0 aromatic heterocycles. The molecule has 3 aromatic rings. The van der Waals surface area contributed by atoms with Gasteiger partial charge >= 0.3 is 0 Å². The van der Waals surface area contributed by atoms with Crippen LogP contribution >= 0.6 is 0 Å². The van der Waals surface area contributed by atoms with E-state index in [2.05, 4.69) is 5.32 Å². The van der Waals surface area contributed by atoms with Crippen molar-refractivity contribution in [2.24, 2.45) is 0 Å². The Morgan fingerprint density at radius 1 is 1.00 bits per heavy atom. The fourth-order valence-electron chi connectivity index (χ4n) is 2.62. The number of methoxy groups -OCH3 is 1. The van der Waals surface area contributed by atoms with E-state index < -0.39 is 17.6 Å². The van der Waals surface area contributed by atoms with Gasteiger partial charge in [-0.25, -0.2) is 8.78 Å². The van der Waals surface area contributed by atoms with Gasteiger partial charge in [0.05, 0.1) is 18.7 Å². The Bertz CT molecular complexity index is 940. The van der Waals surface area contributed by atoms with Gasteiger partial charge in [0.25, 0.3) is 0 Å². The van der Waals surface area contributed by atoms with Gasteiger partial charge in [0, 0.05) is 6.07 Å². The number of carbonyl (C=O) groups is 1. The van der Waals surface area contributed by atoms with E-state index in [1.165, 1.54) is 6.07 Å². The van der Waals surface area contributed by atoms with E-state index in [9.17, 15) is 13.6 Å². The fourth-order valence-corrected chi connectivity index (χ4v) is 2.62. The topological polar surface area (TPSA) is 38.3 Å². The van der Waals surface area contributed by atoms with E-state index >= 15 is 0 Å². The number of fused-ring (bicyclic) bond motifs is 1. The number of hydrogen-bond acceptors (Lipinski definition) is 2. The van der Waals surface area contributed by atoms with E-state index in [4.69, 9.17) is 4.74 Å². The van der Waals surface area contributed by atoms with Crippen LogP contribution in [0.2, 0.25) is 0 Å². The zero-order chi connectivity index (χ0) is 18.0. The number of halogens is 2. The summed E-state index contributed by atoms with van der Waals surface area (Å²) in [5.74, 6) is -1.58. The highest BCUT2D eigenvalue weighted by molar-refractivity contribution is 5.96. The van der Waals surface area contributed by atoms with Crippen molar-refractivity contribution in [3.8, 4) is 5.75 Å². The monoisotopic (exact) mass is 341 g/mol. The summed E-state index contributed by atoms with van der Waals surface area (Å²) in [6.45, 7) is 1.74. The average Bonchev–Trinajstić information content (AvgIpc) is 2.62.